The molecule has 0 saturated heterocycles. The Balaban J connectivity index is 2.26. The molecule has 1 amide bonds. The number of anilines is 1. The van der Waals surface area contributed by atoms with Crippen LogP contribution in [-0.4, -0.2) is 11.0 Å². The van der Waals surface area contributed by atoms with E-state index < -0.39 is 11.7 Å². The van der Waals surface area contributed by atoms with E-state index >= 15 is 0 Å². The van der Waals surface area contributed by atoms with Gasteiger partial charge < -0.3 is 10.4 Å². The Hall–Kier alpha value is -1.59. The van der Waals surface area contributed by atoms with Gasteiger partial charge in [-0.3, -0.25) is 4.79 Å². The maximum Gasteiger partial charge on any atom is 0.256 e. The zero-order chi connectivity index (χ0) is 14.0. The van der Waals surface area contributed by atoms with Crippen LogP contribution >= 0.6 is 27.5 Å². The highest BCUT2D eigenvalue weighted by Gasteiger charge is 2.13. The molecule has 3 nitrogen and oxygen atoms in total. The normalized spacial score (nSPS) is 10.3. The van der Waals surface area contributed by atoms with Crippen molar-refractivity contribution in [3.8, 4) is 5.75 Å². The molecular weight excluding hydrogens is 337 g/mol. The van der Waals surface area contributed by atoms with Gasteiger partial charge in [-0.05, 0) is 40.2 Å². The number of carbonyl (C=O) groups excluding carboxylic acids is 1. The fourth-order valence-electron chi connectivity index (χ4n) is 1.47. The average Bonchev–Trinajstić information content (AvgIpc) is 2.37. The van der Waals surface area contributed by atoms with Crippen LogP contribution in [0.4, 0.5) is 10.1 Å². The first-order valence-corrected chi connectivity index (χ1v) is 6.40. The molecule has 0 aliphatic rings. The zero-order valence-electron chi connectivity index (χ0n) is 9.45. The average molecular weight is 345 g/mol. The Labute approximate surface area is 122 Å². The van der Waals surface area contributed by atoms with Crippen LogP contribution in [0.5, 0.6) is 5.75 Å². The third kappa shape index (κ3) is 3.05. The van der Waals surface area contributed by atoms with Crippen LogP contribution in [0, 0.1) is 5.82 Å². The molecule has 0 radical (unpaired) electrons. The third-order valence-corrected chi connectivity index (χ3v) is 3.53. The van der Waals surface area contributed by atoms with E-state index in [1.54, 1.807) is 0 Å². The molecule has 98 valence electrons. The number of carbonyl (C=O) groups is 1. The van der Waals surface area contributed by atoms with Crippen molar-refractivity contribution in [3.63, 3.8) is 0 Å². The van der Waals surface area contributed by atoms with E-state index in [0.29, 0.717) is 5.69 Å². The molecule has 19 heavy (non-hydrogen) atoms. The topological polar surface area (TPSA) is 49.3 Å². The molecular formula is C13H8BrClFNO2. The number of hydrogen-bond acceptors (Lipinski definition) is 2. The van der Waals surface area contributed by atoms with E-state index in [4.69, 9.17) is 11.6 Å². The molecule has 0 bridgehead atoms. The van der Waals surface area contributed by atoms with Gasteiger partial charge in [0.15, 0.2) is 0 Å². The van der Waals surface area contributed by atoms with Gasteiger partial charge in [0.1, 0.15) is 11.6 Å². The van der Waals surface area contributed by atoms with Gasteiger partial charge in [0.2, 0.25) is 0 Å². The summed E-state index contributed by atoms with van der Waals surface area (Å²) in [6, 6.07) is 8.47. The summed E-state index contributed by atoms with van der Waals surface area (Å²) < 4.78 is 13.4. The summed E-state index contributed by atoms with van der Waals surface area (Å²) in [5.74, 6) is -1.16. The maximum atomic E-state index is 13.3. The number of hydrogen-bond donors (Lipinski definition) is 2. The minimum Gasteiger partial charge on any atom is -0.506 e. The summed E-state index contributed by atoms with van der Waals surface area (Å²) in [5, 5.41) is 12.2. The lowest BCUT2D eigenvalue weighted by Gasteiger charge is -2.08. The van der Waals surface area contributed by atoms with Crippen molar-refractivity contribution in [2.75, 3.05) is 5.32 Å². The molecule has 0 fully saturated rings. The number of aromatic hydroxyl groups is 1. The highest BCUT2D eigenvalue weighted by molar-refractivity contribution is 9.10. The summed E-state index contributed by atoms with van der Waals surface area (Å²) in [6.45, 7) is 0. The van der Waals surface area contributed by atoms with E-state index in [9.17, 15) is 14.3 Å². The fourth-order valence-corrected chi connectivity index (χ4v) is 2.03. The van der Waals surface area contributed by atoms with Crippen LogP contribution in [0.2, 0.25) is 5.02 Å². The molecule has 2 N–H and O–H groups in total. The van der Waals surface area contributed by atoms with E-state index in [-0.39, 0.29) is 20.8 Å². The zero-order valence-corrected chi connectivity index (χ0v) is 11.8. The lowest BCUT2D eigenvalue weighted by molar-refractivity contribution is 0.102. The second kappa shape index (κ2) is 5.59. The second-order valence-electron chi connectivity index (χ2n) is 3.72. The number of amides is 1. The van der Waals surface area contributed by atoms with Crippen LogP contribution in [0.15, 0.2) is 40.9 Å². The first kappa shape index (κ1) is 13.8. The molecule has 6 heteroatoms. The van der Waals surface area contributed by atoms with Gasteiger partial charge in [-0.25, -0.2) is 4.39 Å². The molecule has 2 aromatic carbocycles. The number of halogens is 3. The van der Waals surface area contributed by atoms with Gasteiger partial charge >= 0.3 is 0 Å². The van der Waals surface area contributed by atoms with Crippen molar-refractivity contribution in [1.29, 1.82) is 0 Å². The molecule has 0 aliphatic heterocycles. The third-order valence-electron chi connectivity index (χ3n) is 2.40. The minimum atomic E-state index is -0.522. The van der Waals surface area contributed by atoms with Crippen LogP contribution in [0.25, 0.3) is 0 Å². The maximum absolute atomic E-state index is 13.3. The van der Waals surface area contributed by atoms with E-state index in [0.717, 1.165) is 0 Å². The quantitative estimate of drug-likeness (QED) is 0.858. The highest BCUT2D eigenvalue weighted by Crippen LogP contribution is 2.27. The Kier molecular flexibility index (Phi) is 4.07. The summed E-state index contributed by atoms with van der Waals surface area (Å²) in [5.41, 5.74) is 0.525. The van der Waals surface area contributed by atoms with Gasteiger partial charge in [0.05, 0.1) is 15.1 Å². The van der Waals surface area contributed by atoms with E-state index in [1.807, 2.05) is 0 Å². The Morgan fingerprint density at radius 1 is 1.32 bits per heavy atom. The number of phenolic OH excluding ortho intramolecular Hbond substituents is 1. The van der Waals surface area contributed by atoms with Crippen molar-refractivity contribution in [1.82, 2.24) is 0 Å². The molecule has 0 heterocycles. The van der Waals surface area contributed by atoms with Crippen molar-refractivity contribution in [2.24, 2.45) is 0 Å². The minimum absolute atomic E-state index is 0.0886. The van der Waals surface area contributed by atoms with Gasteiger partial charge in [0.25, 0.3) is 5.91 Å². The highest BCUT2D eigenvalue weighted by atomic mass is 79.9. The number of rotatable bonds is 2. The van der Waals surface area contributed by atoms with Crippen molar-refractivity contribution in [3.05, 3.63) is 57.3 Å². The van der Waals surface area contributed by atoms with Crippen molar-refractivity contribution >= 4 is 39.1 Å². The molecule has 2 aromatic rings. The van der Waals surface area contributed by atoms with Crippen LogP contribution in [0.3, 0.4) is 0 Å². The monoisotopic (exact) mass is 343 g/mol. The fraction of sp³-hybridized carbons (Fsp3) is 0. The second-order valence-corrected chi connectivity index (χ2v) is 4.92. The molecule has 0 aliphatic carbocycles. The molecule has 2 rings (SSSR count). The van der Waals surface area contributed by atoms with Crippen molar-refractivity contribution in [2.45, 2.75) is 0 Å². The lowest BCUT2D eigenvalue weighted by Crippen LogP contribution is -2.13. The number of benzene rings is 2. The van der Waals surface area contributed by atoms with E-state index in [1.165, 1.54) is 36.4 Å². The predicted octanol–water partition coefficient (Wildman–Crippen LogP) is 4.20. The van der Waals surface area contributed by atoms with Gasteiger partial charge in [-0.15, -0.1) is 0 Å². The molecule has 0 atom stereocenters. The predicted molar refractivity (Wildman–Crippen MR) is 75.2 cm³/mol. The van der Waals surface area contributed by atoms with Crippen LogP contribution < -0.4 is 5.32 Å². The molecule has 0 saturated carbocycles. The van der Waals surface area contributed by atoms with Gasteiger partial charge in [-0.1, -0.05) is 17.7 Å². The van der Waals surface area contributed by atoms with Crippen LogP contribution in [-0.2, 0) is 0 Å². The largest absolute Gasteiger partial charge is 0.506 e. The first-order chi connectivity index (χ1) is 8.99. The molecule has 0 aromatic heterocycles. The van der Waals surface area contributed by atoms with Gasteiger partial charge in [0, 0.05) is 11.8 Å². The van der Waals surface area contributed by atoms with Gasteiger partial charge in [-0.2, -0.15) is 0 Å². The molecule has 0 unspecified atom stereocenters. The summed E-state index contributed by atoms with van der Waals surface area (Å²) in [4.78, 5) is 12.0. The molecule has 0 spiro atoms. The van der Waals surface area contributed by atoms with E-state index in [2.05, 4.69) is 21.2 Å². The first-order valence-electron chi connectivity index (χ1n) is 5.23. The summed E-state index contributed by atoms with van der Waals surface area (Å²) in [6.07, 6.45) is 0. The SMILES string of the molecule is O=C(Nc1ccc(Cl)c(O)c1)c1cccc(F)c1Br. The Morgan fingerprint density at radius 2 is 2.05 bits per heavy atom. The Morgan fingerprint density at radius 3 is 2.74 bits per heavy atom. The number of phenols is 1. The number of nitrogens with one attached hydrogen (secondary N) is 1. The lowest BCUT2D eigenvalue weighted by atomic mass is 10.2. The summed E-state index contributed by atoms with van der Waals surface area (Å²) >= 11 is 8.67. The Bertz CT molecular complexity index is 649. The standard InChI is InChI=1S/C13H8BrClFNO2/c14-12-8(2-1-3-10(12)16)13(19)17-7-4-5-9(15)11(18)6-7/h1-6,18H,(H,17,19). The smallest absolute Gasteiger partial charge is 0.256 e. The summed E-state index contributed by atoms with van der Waals surface area (Å²) in [7, 11) is 0. The van der Waals surface area contributed by atoms with Crippen molar-refractivity contribution < 1.29 is 14.3 Å². The van der Waals surface area contributed by atoms with Crippen LogP contribution in [0.1, 0.15) is 10.4 Å².